The zero-order valence-corrected chi connectivity index (χ0v) is 39.5. The van der Waals surface area contributed by atoms with Gasteiger partial charge in [-0.2, -0.15) is 0 Å². The van der Waals surface area contributed by atoms with Crippen LogP contribution in [0.4, 0.5) is 0 Å². The first-order valence-corrected chi connectivity index (χ1v) is 21.5. The molecule has 0 spiro atoms. The fourth-order valence-electron chi connectivity index (χ4n) is 10.5. The highest BCUT2D eigenvalue weighted by atomic mass is 16.6. The van der Waals surface area contributed by atoms with Gasteiger partial charge in [0.25, 0.3) is 0 Å². The molecule has 4 rings (SSSR count). The summed E-state index contributed by atoms with van der Waals surface area (Å²) in [6, 6.07) is 10.0. The average Bonchev–Trinajstić information content (AvgIpc) is 3.86. The number of hydrogen-bond donors (Lipinski definition) is 0. The Bertz CT molecular complexity index is 1400. The van der Waals surface area contributed by atoms with Gasteiger partial charge in [-0.15, -0.1) is 0 Å². The molecule has 2 atom stereocenters. The van der Waals surface area contributed by atoms with Crippen molar-refractivity contribution >= 4 is 0 Å². The lowest BCUT2D eigenvalue weighted by molar-refractivity contribution is 0.232. The first-order chi connectivity index (χ1) is 24.7. The molecule has 0 aliphatic carbocycles. The molecule has 312 valence electrons. The van der Waals surface area contributed by atoms with Crippen LogP contribution in [-0.4, -0.2) is 38.6 Å². The molecule has 4 heteroatoms. The van der Waals surface area contributed by atoms with E-state index in [-0.39, 0.29) is 55.5 Å². The van der Waals surface area contributed by atoms with Crippen molar-refractivity contribution in [3.8, 4) is 11.5 Å². The highest BCUT2D eigenvalue weighted by Crippen LogP contribution is 2.50. The summed E-state index contributed by atoms with van der Waals surface area (Å²) in [6.07, 6.45) is 5.41. The fraction of sp³-hybridized carbons (Fsp3) is 0.765. The lowest BCUT2D eigenvalue weighted by atomic mass is 9.67. The van der Waals surface area contributed by atoms with E-state index in [1.807, 2.05) is 0 Å². The Morgan fingerprint density at radius 2 is 0.636 bits per heavy atom. The molecule has 2 unspecified atom stereocenters. The summed E-state index contributed by atoms with van der Waals surface area (Å²) >= 11 is 0. The fourth-order valence-corrected chi connectivity index (χ4v) is 10.5. The molecule has 2 fully saturated rings. The van der Waals surface area contributed by atoms with Crippen molar-refractivity contribution in [2.45, 2.75) is 204 Å². The summed E-state index contributed by atoms with van der Waals surface area (Å²) in [4.78, 5) is 0. The quantitative estimate of drug-likeness (QED) is 0.160. The molecule has 55 heavy (non-hydrogen) atoms. The molecular weight excluding hydrogens is 677 g/mol. The molecule has 0 amide bonds. The molecule has 0 radical (unpaired) electrons. The van der Waals surface area contributed by atoms with E-state index in [0.29, 0.717) is 13.2 Å². The van der Waals surface area contributed by atoms with Gasteiger partial charge in [0, 0.05) is 22.3 Å². The first-order valence-electron chi connectivity index (χ1n) is 21.5. The number of ether oxygens (including phenoxy) is 4. The summed E-state index contributed by atoms with van der Waals surface area (Å²) in [7, 11) is 0. The molecule has 0 bridgehead atoms. The molecular formula is C51H84O4. The van der Waals surface area contributed by atoms with Gasteiger partial charge in [0.15, 0.2) is 0 Å². The van der Waals surface area contributed by atoms with Crippen LogP contribution in [0.1, 0.15) is 198 Å². The van der Waals surface area contributed by atoms with Gasteiger partial charge >= 0.3 is 0 Å². The molecule has 2 aromatic rings. The van der Waals surface area contributed by atoms with Gasteiger partial charge in [-0.3, -0.25) is 0 Å². The molecule has 2 saturated heterocycles. The Morgan fingerprint density at radius 1 is 0.418 bits per heavy atom. The van der Waals surface area contributed by atoms with E-state index < -0.39 is 0 Å². The van der Waals surface area contributed by atoms with Crippen LogP contribution < -0.4 is 9.47 Å². The lowest BCUT2D eigenvalue weighted by Gasteiger charge is -2.39. The lowest BCUT2D eigenvalue weighted by Crippen LogP contribution is -2.30. The van der Waals surface area contributed by atoms with Gasteiger partial charge in [-0.05, 0) is 86.6 Å². The summed E-state index contributed by atoms with van der Waals surface area (Å²) < 4.78 is 25.2. The van der Waals surface area contributed by atoms with E-state index in [0.717, 1.165) is 56.8 Å². The molecule has 2 aromatic carbocycles. The normalized spacial score (nSPS) is 18.8. The number of hydrogen-bond acceptors (Lipinski definition) is 4. The zero-order valence-electron chi connectivity index (χ0n) is 39.5. The third-order valence-corrected chi connectivity index (χ3v) is 11.1. The van der Waals surface area contributed by atoms with Crippen LogP contribution in [-0.2, 0) is 37.6 Å². The van der Waals surface area contributed by atoms with Gasteiger partial charge in [0.2, 0.25) is 0 Å². The third-order valence-electron chi connectivity index (χ3n) is 11.1. The summed E-state index contributed by atoms with van der Waals surface area (Å²) in [5.74, 6) is 2.15. The van der Waals surface area contributed by atoms with Gasteiger partial charge in [0.05, 0.1) is 13.2 Å². The third kappa shape index (κ3) is 13.5. The highest BCUT2D eigenvalue weighted by Gasteiger charge is 2.40. The summed E-state index contributed by atoms with van der Waals surface area (Å²) in [5.41, 5.74) is 8.17. The van der Waals surface area contributed by atoms with Crippen molar-refractivity contribution < 1.29 is 18.9 Å². The van der Waals surface area contributed by atoms with Gasteiger partial charge in [-0.1, -0.05) is 163 Å². The van der Waals surface area contributed by atoms with Gasteiger partial charge in [0.1, 0.15) is 36.9 Å². The van der Waals surface area contributed by atoms with Crippen LogP contribution in [0, 0.1) is 21.7 Å². The van der Waals surface area contributed by atoms with Crippen molar-refractivity contribution in [2.75, 3.05) is 26.4 Å². The molecule has 0 saturated carbocycles. The highest BCUT2D eigenvalue weighted by molar-refractivity contribution is 5.55. The van der Waals surface area contributed by atoms with E-state index in [2.05, 4.69) is 163 Å². The molecule has 2 heterocycles. The maximum Gasteiger partial charge on any atom is 0.126 e. The van der Waals surface area contributed by atoms with Crippen LogP contribution >= 0.6 is 0 Å². The van der Waals surface area contributed by atoms with E-state index >= 15 is 0 Å². The van der Waals surface area contributed by atoms with Crippen molar-refractivity contribution in [3.05, 3.63) is 57.6 Å². The van der Waals surface area contributed by atoms with E-state index in [1.165, 1.54) is 33.4 Å². The number of epoxide rings is 2. The van der Waals surface area contributed by atoms with Crippen molar-refractivity contribution in [1.29, 1.82) is 0 Å². The molecule has 0 aromatic heterocycles. The summed E-state index contributed by atoms with van der Waals surface area (Å²) in [6.45, 7) is 50.5. The van der Waals surface area contributed by atoms with Crippen LogP contribution in [0.3, 0.4) is 0 Å². The van der Waals surface area contributed by atoms with E-state index in [4.69, 9.17) is 18.9 Å². The predicted molar refractivity (Wildman–Crippen MR) is 235 cm³/mol. The topological polar surface area (TPSA) is 43.5 Å². The second-order valence-electron chi connectivity index (χ2n) is 25.2. The average molecular weight is 761 g/mol. The van der Waals surface area contributed by atoms with E-state index in [1.54, 1.807) is 0 Å². The summed E-state index contributed by atoms with van der Waals surface area (Å²) in [5, 5.41) is 0. The Balaban J connectivity index is 2.02. The minimum atomic E-state index is -0.108. The van der Waals surface area contributed by atoms with Crippen molar-refractivity contribution in [3.63, 3.8) is 0 Å². The second kappa shape index (κ2) is 15.6. The van der Waals surface area contributed by atoms with Crippen molar-refractivity contribution in [1.82, 2.24) is 0 Å². The minimum absolute atomic E-state index is 0.108. The smallest absolute Gasteiger partial charge is 0.126 e. The van der Waals surface area contributed by atoms with Crippen LogP contribution in [0.5, 0.6) is 11.5 Å². The van der Waals surface area contributed by atoms with Crippen LogP contribution in [0.15, 0.2) is 24.3 Å². The maximum absolute atomic E-state index is 6.93. The Kier molecular flexibility index (Phi) is 13.0. The van der Waals surface area contributed by atoms with Crippen LogP contribution in [0.2, 0.25) is 0 Å². The Hall–Kier alpha value is -2.04. The number of rotatable bonds is 16. The van der Waals surface area contributed by atoms with Gasteiger partial charge < -0.3 is 18.9 Å². The minimum Gasteiger partial charge on any atom is -0.490 e. The molecule has 2 aliphatic rings. The largest absolute Gasteiger partial charge is 0.490 e. The number of benzene rings is 2. The maximum atomic E-state index is 6.93. The van der Waals surface area contributed by atoms with Crippen molar-refractivity contribution in [2.24, 2.45) is 21.7 Å². The first kappa shape index (κ1) is 45.7. The van der Waals surface area contributed by atoms with Crippen LogP contribution in [0.25, 0.3) is 0 Å². The molecule has 0 N–H and O–H groups in total. The standard InChI is InChI=1S/C51H84O4/c1-44(2,3)30-48(13,14)38-22-34(23-39(42(38)54-28-36-26-52-36)49(15,16)31-45(4,5)6)21-35-24-40(50(17,18)32-46(7,8)9)43(55-29-37-27-53-37)41(25-35)51(19,20)33-47(10,11)12/h22-25,36-37H,21,26-33H2,1-20H3. The second-order valence-corrected chi connectivity index (χ2v) is 25.2. The van der Waals surface area contributed by atoms with E-state index in [9.17, 15) is 0 Å². The van der Waals surface area contributed by atoms with Gasteiger partial charge in [-0.25, -0.2) is 0 Å². The monoisotopic (exact) mass is 761 g/mol. The zero-order chi connectivity index (χ0) is 41.8. The SMILES string of the molecule is CC(C)(C)CC(C)(C)c1cc(Cc2cc(C(C)(C)CC(C)(C)C)c(OCC3CO3)c(C(C)(C)CC(C)(C)C)c2)cc(C(C)(C)CC(C)(C)C)c1OCC1CO1. The Labute approximate surface area is 339 Å². The molecule has 4 nitrogen and oxygen atoms in total. The Morgan fingerprint density at radius 3 is 0.818 bits per heavy atom. The molecule has 2 aliphatic heterocycles. The predicted octanol–water partition coefficient (Wildman–Crippen LogP) is 13.7.